The van der Waals surface area contributed by atoms with Crippen LogP contribution in [0.3, 0.4) is 0 Å². The number of benzene rings is 1. The molecule has 20 heavy (non-hydrogen) atoms. The number of nitrogens with one attached hydrogen (secondary N) is 2. The Hall–Kier alpha value is -1.00. The molecule has 1 rings (SSSR count). The summed E-state index contributed by atoms with van der Waals surface area (Å²) in [7, 11) is 0. The maximum absolute atomic E-state index is 11.7. The molecule has 1 aromatic rings. The van der Waals surface area contributed by atoms with E-state index < -0.39 is 0 Å². The Kier molecular flexibility index (Phi) is 8.38. The number of aryl methyl sites for hydroxylation is 1. The number of carbonyl (C=O) groups is 1. The minimum atomic E-state index is 0.132. The molecule has 0 aromatic heterocycles. The normalized spacial score (nSPS) is 10.8. The molecule has 0 atom stereocenters. The fourth-order valence-electron chi connectivity index (χ4n) is 1.86. The summed E-state index contributed by atoms with van der Waals surface area (Å²) in [4.78, 5) is 11.7. The summed E-state index contributed by atoms with van der Waals surface area (Å²) in [6.45, 7) is 5.94. The van der Waals surface area contributed by atoms with Gasteiger partial charge in [0.15, 0.2) is 0 Å². The van der Waals surface area contributed by atoms with E-state index in [1.54, 1.807) is 0 Å². The molecule has 0 saturated carbocycles. The van der Waals surface area contributed by atoms with Gasteiger partial charge in [-0.05, 0) is 30.5 Å². The van der Waals surface area contributed by atoms with Crippen molar-refractivity contribution in [1.29, 1.82) is 0 Å². The van der Waals surface area contributed by atoms with Crippen LogP contribution in [0.2, 0.25) is 0 Å². The molecule has 0 aliphatic rings. The van der Waals surface area contributed by atoms with Gasteiger partial charge < -0.3 is 10.6 Å². The zero-order valence-corrected chi connectivity index (χ0v) is 13.4. The van der Waals surface area contributed by atoms with Crippen molar-refractivity contribution in [2.75, 3.05) is 13.1 Å². The molecule has 112 valence electrons. The maximum Gasteiger partial charge on any atom is 0.220 e. The molecule has 0 spiro atoms. The topological polar surface area (TPSA) is 41.1 Å². The largest absolute Gasteiger partial charge is 0.356 e. The van der Waals surface area contributed by atoms with Crippen LogP contribution < -0.4 is 10.6 Å². The molecule has 0 radical (unpaired) electrons. The minimum absolute atomic E-state index is 0.132. The molecule has 0 saturated heterocycles. The first-order valence-electron chi connectivity index (χ1n) is 7.30. The monoisotopic (exact) mass is 294 g/mol. The standard InChI is InChI=1S/C16H26N2OS/c1-13(2)17-10-3-11-18-16(19)9-8-14-4-6-15(12-20)7-5-14/h4-7,13,17,20H,3,8-12H2,1-2H3,(H,18,19). The fourth-order valence-corrected chi connectivity index (χ4v) is 2.08. The Morgan fingerprint density at radius 3 is 2.40 bits per heavy atom. The van der Waals surface area contributed by atoms with E-state index in [9.17, 15) is 4.79 Å². The third-order valence-electron chi connectivity index (χ3n) is 3.07. The van der Waals surface area contributed by atoms with Gasteiger partial charge in [0.05, 0.1) is 0 Å². The lowest BCUT2D eigenvalue weighted by atomic mass is 10.1. The van der Waals surface area contributed by atoms with Crippen molar-refractivity contribution in [2.45, 2.75) is 44.9 Å². The van der Waals surface area contributed by atoms with E-state index in [0.29, 0.717) is 12.5 Å². The van der Waals surface area contributed by atoms with Gasteiger partial charge >= 0.3 is 0 Å². The van der Waals surface area contributed by atoms with E-state index in [-0.39, 0.29) is 5.91 Å². The van der Waals surface area contributed by atoms with Crippen molar-refractivity contribution in [2.24, 2.45) is 0 Å². The number of carbonyl (C=O) groups excluding carboxylic acids is 1. The molecular formula is C16H26N2OS. The van der Waals surface area contributed by atoms with Crippen molar-refractivity contribution >= 4 is 18.5 Å². The van der Waals surface area contributed by atoms with Crippen molar-refractivity contribution in [3.05, 3.63) is 35.4 Å². The number of thiol groups is 1. The molecule has 0 aliphatic heterocycles. The summed E-state index contributed by atoms with van der Waals surface area (Å²) < 4.78 is 0. The van der Waals surface area contributed by atoms with Crippen LogP contribution in [-0.2, 0) is 17.0 Å². The molecule has 0 heterocycles. The van der Waals surface area contributed by atoms with Crippen LogP contribution in [0.15, 0.2) is 24.3 Å². The number of rotatable bonds is 9. The van der Waals surface area contributed by atoms with Gasteiger partial charge in [0.1, 0.15) is 0 Å². The van der Waals surface area contributed by atoms with Crippen molar-refractivity contribution in [1.82, 2.24) is 10.6 Å². The Morgan fingerprint density at radius 1 is 1.15 bits per heavy atom. The third-order valence-corrected chi connectivity index (χ3v) is 3.44. The van der Waals surface area contributed by atoms with Crippen LogP contribution in [0.5, 0.6) is 0 Å². The van der Waals surface area contributed by atoms with Gasteiger partial charge in [-0.2, -0.15) is 12.6 Å². The van der Waals surface area contributed by atoms with Gasteiger partial charge in [-0.1, -0.05) is 38.1 Å². The SMILES string of the molecule is CC(C)NCCCNC(=O)CCc1ccc(CS)cc1. The minimum Gasteiger partial charge on any atom is -0.356 e. The Balaban J connectivity index is 2.13. The highest BCUT2D eigenvalue weighted by atomic mass is 32.1. The highest BCUT2D eigenvalue weighted by molar-refractivity contribution is 7.79. The zero-order chi connectivity index (χ0) is 14.8. The van der Waals surface area contributed by atoms with Gasteiger partial charge in [-0.15, -0.1) is 0 Å². The highest BCUT2D eigenvalue weighted by Crippen LogP contribution is 2.08. The van der Waals surface area contributed by atoms with Gasteiger partial charge in [-0.25, -0.2) is 0 Å². The van der Waals surface area contributed by atoms with Crippen molar-refractivity contribution < 1.29 is 4.79 Å². The van der Waals surface area contributed by atoms with Gasteiger partial charge in [0.25, 0.3) is 0 Å². The lowest BCUT2D eigenvalue weighted by Gasteiger charge is -2.08. The summed E-state index contributed by atoms with van der Waals surface area (Å²) in [5.74, 6) is 0.887. The van der Waals surface area contributed by atoms with Crippen LogP contribution >= 0.6 is 12.6 Å². The molecular weight excluding hydrogens is 268 g/mol. The number of hydrogen-bond acceptors (Lipinski definition) is 3. The van der Waals surface area contributed by atoms with E-state index >= 15 is 0 Å². The first kappa shape index (κ1) is 17.1. The van der Waals surface area contributed by atoms with Crippen LogP contribution in [0.25, 0.3) is 0 Å². The second-order valence-corrected chi connectivity index (χ2v) is 5.60. The van der Waals surface area contributed by atoms with E-state index in [2.05, 4.69) is 61.4 Å². The molecule has 0 aliphatic carbocycles. The Morgan fingerprint density at radius 2 is 1.80 bits per heavy atom. The summed E-state index contributed by atoms with van der Waals surface area (Å²) in [6, 6.07) is 8.79. The van der Waals surface area contributed by atoms with Crippen LogP contribution in [0.1, 0.15) is 37.8 Å². The molecule has 3 nitrogen and oxygen atoms in total. The lowest BCUT2D eigenvalue weighted by molar-refractivity contribution is -0.121. The second-order valence-electron chi connectivity index (χ2n) is 5.29. The van der Waals surface area contributed by atoms with Gasteiger partial charge in [0.2, 0.25) is 5.91 Å². The maximum atomic E-state index is 11.7. The highest BCUT2D eigenvalue weighted by Gasteiger charge is 2.02. The number of amides is 1. The average Bonchev–Trinajstić information content (AvgIpc) is 2.45. The van der Waals surface area contributed by atoms with Gasteiger partial charge in [0, 0.05) is 24.8 Å². The van der Waals surface area contributed by atoms with E-state index in [4.69, 9.17) is 0 Å². The summed E-state index contributed by atoms with van der Waals surface area (Å²) >= 11 is 4.23. The van der Waals surface area contributed by atoms with E-state index in [1.165, 1.54) is 11.1 Å². The Bertz CT molecular complexity index is 390. The first-order valence-corrected chi connectivity index (χ1v) is 7.94. The molecule has 0 bridgehead atoms. The predicted molar refractivity (Wildman–Crippen MR) is 88.2 cm³/mol. The molecule has 0 fully saturated rings. The van der Waals surface area contributed by atoms with Crippen LogP contribution in [0, 0.1) is 0 Å². The molecule has 4 heteroatoms. The van der Waals surface area contributed by atoms with Crippen molar-refractivity contribution in [3.8, 4) is 0 Å². The second kappa shape index (κ2) is 9.83. The van der Waals surface area contributed by atoms with E-state index in [0.717, 1.165) is 31.7 Å². The van der Waals surface area contributed by atoms with Crippen LogP contribution in [0.4, 0.5) is 0 Å². The lowest BCUT2D eigenvalue weighted by Crippen LogP contribution is -2.29. The summed E-state index contributed by atoms with van der Waals surface area (Å²) in [5.41, 5.74) is 2.41. The summed E-state index contributed by atoms with van der Waals surface area (Å²) in [5, 5.41) is 6.29. The van der Waals surface area contributed by atoms with Crippen LogP contribution in [-0.4, -0.2) is 25.0 Å². The molecule has 0 unspecified atom stereocenters. The van der Waals surface area contributed by atoms with E-state index in [1.807, 2.05) is 0 Å². The van der Waals surface area contributed by atoms with Crippen molar-refractivity contribution in [3.63, 3.8) is 0 Å². The Labute approximate surface area is 127 Å². The summed E-state index contributed by atoms with van der Waals surface area (Å²) in [6.07, 6.45) is 2.32. The molecule has 1 aromatic carbocycles. The zero-order valence-electron chi connectivity index (χ0n) is 12.5. The molecule has 1 amide bonds. The smallest absolute Gasteiger partial charge is 0.220 e. The predicted octanol–water partition coefficient (Wildman–Crippen LogP) is 2.55. The quantitative estimate of drug-likeness (QED) is 0.484. The molecule has 2 N–H and O–H groups in total. The average molecular weight is 294 g/mol. The fraction of sp³-hybridized carbons (Fsp3) is 0.562. The third kappa shape index (κ3) is 7.56. The number of hydrogen-bond donors (Lipinski definition) is 3. The first-order chi connectivity index (χ1) is 9.61. The van der Waals surface area contributed by atoms with Gasteiger partial charge in [-0.3, -0.25) is 4.79 Å².